The molecule has 0 heterocycles. The van der Waals surface area contributed by atoms with Crippen LogP contribution in [0.5, 0.6) is 0 Å². The molecular weight excluding hydrogens is 241 g/mol. The Morgan fingerprint density at radius 3 is 2.84 bits per heavy atom. The number of carbonyl (C=O) groups excluding carboxylic acids is 1. The minimum absolute atomic E-state index is 0.0762. The van der Waals surface area contributed by atoms with E-state index in [2.05, 4.69) is 5.32 Å². The van der Waals surface area contributed by atoms with E-state index in [-0.39, 0.29) is 11.7 Å². The predicted octanol–water partition coefficient (Wildman–Crippen LogP) is 3.90. The molecule has 2 nitrogen and oxygen atoms in total. The van der Waals surface area contributed by atoms with Gasteiger partial charge in [0.15, 0.2) is 0 Å². The molecule has 2 aliphatic carbocycles. The first-order chi connectivity index (χ1) is 9.11. The second-order valence-electron chi connectivity index (χ2n) is 6.15. The molecule has 0 aromatic heterocycles. The molecule has 0 unspecified atom stereocenters. The molecule has 1 amide bonds. The lowest BCUT2D eigenvalue weighted by atomic mass is 9.86. The largest absolute Gasteiger partial charge is 0.326 e. The van der Waals surface area contributed by atoms with Crippen LogP contribution in [0, 0.1) is 30.5 Å². The highest BCUT2D eigenvalue weighted by Crippen LogP contribution is 2.49. The maximum absolute atomic E-state index is 13.0. The van der Waals surface area contributed by atoms with Crippen LogP contribution in [-0.4, -0.2) is 5.91 Å². The van der Waals surface area contributed by atoms with Crippen LogP contribution < -0.4 is 5.32 Å². The molecule has 0 aliphatic heterocycles. The van der Waals surface area contributed by atoms with E-state index in [9.17, 15) is 9.18 Å². The van der Waals surface area contributed by atoms with Crippen LogP contribution in [0.15, 0.2) is 18.2 Å². The molecule has 3 atom stereocenters. The van der Waals surface area contributed by atoms with Gasteiger partial charge in [-0.05, 0) is 67.7 Å². The minimum Gasteiger partial charge on any atom is -0.326 e. The Hall–Kier alpha value is -1.38. The van der Waals surface area contributed by atoms with E-state index >= 15 is 0 Å². The van der Waals surface area contributed by atoms with E-state index in [1.807, 2.05) is 6.92 Å². The predicted molar refractivity (Wildman–Crippen MR) is 73.3 cm³/mol. The van der Waals surface area contributed by atoms with Gasteiger partial charge in [0.05, 0.1) is 0 Å². The van der Waals surface area contributed by atoms with E-state index < -0.39 is 0 Å². The molecule has 19 heavy (non-hydrogen) atoms. The van der Waals surface area contributed by atoms with Crippen LogP contribution in [0.1, 0.15) is 37.7 Å². The number of halogens is 1. The van der Waals surface area contributed by atoms with Crippen molar-refractivity contribution < 1.29 is 9.18 Å². The van der Waals surface area contributed by atoms with Gasteiger partial charge < -0.3 is 5.32 Å². The van der Waals surface area contributed by atoms with E-state index in [4.69, 9.17) is 0 Å². The van der Waals surface area contributed by atoms with E-state index in [1.54, 1.807) is 6.07 Å². The molecule has 1 aromatic rings. The van der Waals surface area contributed by atoms with Crippen LogP contribution in [-0.2, 0) is 4.79 Å². The summed E-state index contributed by atoms with van der Waals surface area (Å²) in [5, 5.41) is 2.92. The highest BCUT2D eigenvalue weighted by molar-refractivity contribution is 5.91. The summed E-state index contributed by atoms with van der Waals surface area (Å²) in [7, 11) is 0. The van der Waals surface area contributed by atoms with Crippen molar-refractivity contribution in [3.63, 3.8) is 0 Å². The fourth-order valence-corrected chi connectivity index (χ4v) is 3.83. The summed E-state index contributed by atoms with van der Waals surface area (Å²) >= 11 is 0. The monoisotopic (exact) mass is 261 g/mol. The second kappa shape index (κ2) is 4.95. The number of hydrogen-bond acceptors (Lipinski definition) is 1. The lowest BCUT2D eigenvalue weighted by molar-refractivity contribution is -0.117. The van der Waals surface area contributed by atoms with E-state index in [0.29, 0.717) is 12.3 Å². The Balaban J connectivity index is 1.59. The standard InChI is InChI=1S/C16H20FNO/c1-10-6-14(17)4-5-15(10)18-16(19)9-13-8-11-2-3-12(13)7-11/h4-6,11-13H,2-3,7-9H2,1H3,(H,18,19)/t11-,12+,13+/m0/s1. The first kappa shape index (κ1) is 12.6. The fourth-order valence-electron chi connectivity index (χ4n) is 3.83. The second-order valence-corrected chi connectivity index (χ2v) is 6.15. The zero-order valence-corrected chi connectivity index (χ0v) is 11.3. The van der Waals surface area contributed by atoms with Gasteiger partial charge in [-0.2, -0.15) is 0 Å². The van der Waals surface area contributed by atoms with Crippen molar-refractivity contribution >= 4 is 11.6 Å². The zero-order chi connectivity index (χ0) is 13.4. The van der Waals surface area contributed by atoms with Crippen molar-refractivity contribution in [2.24, 2.45) is 17.8 Å². The number of aryl methyl sites for hydroxylation is 1. The average molecular weight is 261 g/mol. The zero-order valence-electron chi connectivity index (χ0n) is 11.3. The molecule has 2 saturated carbocycles. The van der Waals surface area contributed by atoms with Crippen LogP contribution in [0.2, 0.25) is 0 Å². The maximum Gasteiger partial charge on any atom is 0.224 e. The SMILES string of the molecule is Cc1cc(F)ccc1NC(=O)C[C@H]1C[C@H]2CC[C@@H]1C2. The Morgan fingerprint density at radius 1 is 1.37 bits per heavy atom. The summed E-state index contributed by atoms with van der Waals surface area (Å²) in [5.41, 5.74) is 1.51. The average Bonchev–Trinajstić information content (AvgIpc) is 2.95. The third-order valence-electron chi connectivity index (χ3n) is 4.79. The van der Waals surface area contributed by atoms with Crippen molar-refractivity contribution in [2.75, 3.05) is 5.32 Å². The van der Waals surface area contributed by atoms with Gasteiger partial charge in [0.25, 0.3) is 0 Å². The van der Waals surface area contributed by atoms with Gasteiger partial charge in [-0.3, -0.25) is 4.79 Å². The summed E-state index contributed by atoms with van der Waals surface area (Å²) in [4.78, 5) is 12.1. The Labute approximate surface area is 113 Å². The topological polar surface area (TPSA) is 29.1 Å². The lowest BCUT2D eigenvalue weighted by Crippen LogP contribution is -2.20. The van der Waals surface area contributed by atoms with Gasteiger partial charge in [0, 0.05) is 12.1 Å². The number of anilines is 1. The summed E-state index contributed by atoms with van der Waals surface area (Å²) < 4.78 is 13.0. The molecule has 3 heteroatoms. The fraction of sp³-hybridized carbons (Fsp3) is 0.562. The number of benzene rings is 1. The number of hydrogen-bond donors (Lipinski definition) is 1. The Bertz CT molecular complexity index is 500. The van der Waals surface area contributed by atoms with Crippen LogP contribution >= 0.6 is 0 Å². The molecule has 2 fully saturated rings. The quantitative estimate of drug-likeness (QED) is 0.878. The van der Waals surface area contributed by atoms with Crippen molar-refractivity contribution in [1.29, 1.82) is 0 Å². The summed E-state index contributed by atoms with van der Waals surface area (Å²) in [5.74, 6) is 2.02. The van der Waals surface area contributed by atoms with E-state index in [0.717, 1.165) is 23.1 Å². The number of rotatable bonds is 3. The van der Waals surface area contributed by atoms with Gasteiger partial charge in [-0.1, -0.05) is 6.42 Å². The summed E-state index contributed by atoms with van der Waals surface area (Å²) in [6.07, 6.45) is 5.84. The summed E-state index contributed by atoms with van der Waals surface area (Å²) in [6, 6.07) is 4.48. The molecule has 2 aliphatic rings. The molecule has 1 N–H and O–H groups in total. The molecule has 0 spiro atoms. The van der Waals surface area contributed by atoms with Crippen LogP contribution in [0.25, 0.3) is 0 Å². The first-order valence-electron chi connectivity index (χ1n) is 7.18. The molecule has 0 radical (unpaired) electrons. The molecule has 2 bridgehead atoms. The van der Waals surface area contributed by atoms with Gasteiger partial charge in [0.1, 0.15) is 5.82 Å². The molecular formula is C16H20FNO. The number of amides is 1. The highest BCUT2D eigenvalue weighted by atomic mass is 19.1. The number of nitrogens with one attached hydrogen (secondary N) is 1. The molecule has 0 saturated heterocycles. The molecule has 102 valence electrons. The third-order valence-corrected chi connectivity index (χ3v) is 4.79. The number of fused-ring (bicyclic) bond motifs is 2. The minimum atomic E-state index is -0.261. The van der Waals surface area contributed by atoms with Crippen molar-refractivity contribution in [3.05, 3.63) is 29.6 Å². The highest BCUT2D eigenvalue weighted by Gasteiger charge is 2.40. The molecule has 3 rings (SSSR count). The van der Waals surface area contributed by atoms with Gasteiger partial charge in [0.2, 0.25) is 5.91 Å². The normalized spacial score (nSPS) is 28.6. The van der Waals surface area contributed by atoms with Crippen LogP contribution in [0.3, 0.4) is 0 Å². The summed E-state index contributed by atoms with van der Waals surface area (Å²) in [6.45, 7) is 1.82. The van der Waals surface area contributed by atoms with Crippen LogP contribution in [0.4, 0.5) is 10.1 Å². The lowest BCUT2D eigenvalue weighted by Gasteiger charge is -2.21. The van der Waals surface area contributed by atoms with Gasteiger partial charge in [-0.25, -0.2) is 4.39 Å². The van der Waals surface area contributed by atoms with Crippen molar-refractivity contribution in [3.8, 4) is 0 Å². The van der Waals surface area contributed by atoms with Crippen molar-refractivity contribution in [2.45, 2.75) is 39.0 Å². The van der Waals surface area contributed by atoms with Gasteiger partial charge >= 0.3 is 0 Å². The smallest absolute Gasteiger partial charge is 0.224 e. The maximum atomic E-state index is 13.0. The third kappa shape index (κ3) is 2.65. The Kier molecular flexibility index (Phi) is 3.29. The van der Waals surface area contributed by atoms with E-state index in [1.165, 1.54) is 37.8 Å². The Morgan fingerprint density at radius 2 is 2.21 bits per heavy atom. The van der Waals surface area contributed by atoms with Gasteiger partial charge in [-0.15, -0.1) is 0 Å². The molecule has 1 aromatic carbocycles. The van der Waals surface area contributed by atoms with Crippen molar-refractivity contribution in [1.82, 2.24) is 0 Å². The first-order valence-corrected chi connectivity index (χ1v) is 7.18. The number of carbonyl (C=O) groups is 1.